The van der Waals surface area contributed by atoms with Gasteiger partial charge in [0.15, 0.2) is 0 Å². The number of carbonyl (C=O) groups excluding carboxylic acids is 1. The Morgan fingerprint density at radius 2 is 1.55 bits per heavy atom. The minimum atomic E-state index is -4.99. The van der Waals surface area contributed by atoms with E-state index in [0.717, 1.165) is 40.5 Å². The fraction of sp³-hybridized carbons (Fsp3) is 0.296. The van der Waals surface area contributed by atoms with Gasteiger partial charge in [0, 0.05) is 23.3 Å². The van der Waals surface area contributed by atoms with Gasteiger partial charge >= 0.3 is 12.1 Å². The first-order valence-corrected chi connectivity index (χ1v) is 11.3. The highest BCUT2D eigenvalue weighted by Crippen LogP contribution is 2.43. The van der Waals surface area contributed by atoms with Crippen LogP contribution in [0, 0.1) is 5.92 Å². The fourth-order valence-corrected chi connectivity index (χ4v) is 4.29. The SMILES string of the molecule is O=C(N(c1cccc(-c2ccccc2)c1)c1cccc(C2CC2NCC2CC2)c1)C(F)(F)F. The Labute approximate surface area is 191 Å². The maximum Gasteiger partial charge on any atom is 0.472 e. The summed E-state index contributed by atoms with van der Waals surface area (Å²) in [5.41, 5.74) is 2.99. The van der Waals surface area contributed by atoms with Crippen LogP contribution in [-0.2, 0) is 4.79 Å². The number of amides is 1. The van der Waals surface area contributed by atoms with Crippen LogP contribution in [0.2, 0.25) is 0 Å². The lowest BCUT2D eigenvalue weighted by Crippen LogP contribution is -2.38. The van der Waals surface area contributed by atoms with E-state index in [2.05, 4.69) is 5.32 Å². The van der Waals surface area contributed by atoms with Gasteiger partial charge in [-0.05, 0) is 72.7 Å². The van der Waals surface area contributed by atoms with Crippen molar-refractivity contribution in [2.24, 2.45) is 5.92 Å². The van der Waals surface area contributed by atoms with Gasteiger partial charge in [-0.1, -0.05) is 54.6 Å². The Hall–Kier alpha value is -3.12. The number of benzene rings is 3. The minimum Gasteiger partial charge on any atom is -0.313 e. The molecule has 2 atom stereocenters. The maximum absolute atomic E-state index is 13.6. The summed E-state index contributed by atoms with van der Waals surface area (Å²) in [5.74, 6) is -0.861. The molecule has 1 N–H and O–H groups in total. The second-order valence-corrected chi connectivity index (χ2v) is 8.95. The lowest BCUT2D eigenvalue weighted by molar-refractivity contribution is -0.169. The van der Waals surface area contributed by atoms with Crippen LogP contribution in [0.5, 0.6) is 0 Å². The van der Waals surface area contributed by atoms with Crippen molar-refractivity contribution in [2.45, 2.75) is 37.4 Å². The molecule has 2 aliphatic carbocycles. The summed E-state index contributed by atoms with van der Waals surface area (Å²) in [6.07, 6.45) is -1.48. The molecule has 2 saturated carbocycles. The minimum absolute atomic E-state index is 0.190. The van der Waals surface area contributed by atoms with Crippen LogP contribution >= 0.6 is 0 Å². The van der Waals surface area contributed by atoms with E-state index in [9.17, 15) is 18.0 Å². The number of nitrogens with zero attached hydrogens (tertiary/aromatic N) is 1. The van der Waals surface area contributed by atoms with E-state index in [-0.39, 0.29) is 17.3 Å². The molecular formula is C27H25F3N2O. The number of anilines is 2. The number of halogens is 3. The van der Waals surface area contributed by atoms with Crippen LogP contribution in [0.15, 0.2) is 78.9 Å². The van der Waals surface area contributed by atoms with Crippen molar-refractivity contribution in [3.63, 3.8) is 0 Å². The molecule has 3 nitrogen and oxygen atoms in total. The second-order valence-electron chi connectivity index (χ2n) is 8.95. The molecular weight excluding hydrogens is 425 g/mol. The molecule has 3 aromatic carbocycles. The quantitative estimate of drug-likeness (QED) is 0.450. The second kappa shape index (κ2) is 8.67. The molecule has 0 aromatic heterocycles. The van der Waals surface area contributed by atoms with Gasteiger partial charge in [-0.15, -0.1) is 0 Å². The van der Waals surface area contributed by atoms with Crippen molar-refractivity contribution >= 4 is 17.3 Å². The highest BCUT2D eigenvalue weighted by Gasteiger charge is 2.44. The first kappa shape index (κ1) is 21.7. The van der Waals surface area contributed by atoms with Crippen LogP contribution in [0.25, 0.3) is 11.1 Å². The highest BCUT2D eigenvalue weighted by atomic mass is 19.4. The number of carbonyl (C=O) groups is 1. The van der Waals surface area contributed by atoms with Gasteiger partial charge in [0.2, 0.25) is 0 Å². The molecule has 2 aliphatic rings. The van der Waals surface area contributed by atoms with E-state index in [1.165, 1.54) is 12.8 Å². The molecule has 0 radical (unpaired) electrons. The zero-order chi connectivity index (χ0) is 23.0. The monoisotopic (exact) mass is 450 g/mol. The summed E-state index contributed by atoms with van der Waals surface area (Å²) in [4.78, 5) is 13.3. The molecule has 1 amide bonds. The standard InChI is InChI=1S/C27H25F3N2O/c28-27(29,30)26(33)32(22-10-4-8-20(14-22)19-6-2-1-3-7-19)23-11-5-9-21(15-23)24-16-25(24)31-17-18-12-13-18/h1-11,14-15,18,24-25,31H,12-13,16-17H2. The zero-order valence-corrected chi connectivity index (χ0v) is 18.1. The van der Waals surface area contributed by atoms with E-state index < -0.39 is 12.1 Å². The van der Waals surface area contributed by atoms with Gasteiger partial charge in [0.1, 0.15) is 0 Å². The Kier molecular flexibility index (Phi) is 5.71. The van der Waals surface area contributed by atoms with Crippen LogP contribution in [0.1, 0.15) is 30.7 Å². The molecule has 3 aromatic rings. The Bertz CT molecular complexity index is 1140. The Morgan fingerprint density at radius 1 is 0.879 bits per heavy atom. The lowest BCUT2D eigenvalue weighted by Gasteiger charge is -2.25. The molecule has 0 aliphatic heterocycles. The molecule has 0 bridgehead atoms. The first-order chi connectivity index (χ1) is 15.9. The number of alkyl halides is 3. The van der Waals surface area contributed by atoms with Crippen LogP contribution in [0.4, 0.5) is 24.5 Å². The van der Waals surface area contributed by atoms with Gasteiger partial charge in [0.05, 0.1) is 0 Å². The number of nitrogens with one attached hydrogen (secondary N) is 1. The first-order valence-electron chi connectivity index (χ1n) is 11.3. The summed E-state index contributed by atoms with van der Waals surface area (Å²) in [6.45, 7) is 1.01. The fourth-order valence-electron chi connectivity index (χ4n) is 4.29. The summed E-state index contributed by atoms with van der Waals surface area (Å²) in [5, 5.41) is 3.56. The third-order valence-corrected chi connectivity index (χ3v) is 6.37. The van der Waals surface area contributed by atoms with Gasteiger partial charge < -0.3 is 5.32 Å². The van der Waals surface area contributed by atoms with E-state index in [0.29, 0.717) is 6.04 Å². The normalized spacial score (nSPS) is 19.8. The van der Waals surface area contributed by atoms with Gasteiger partial charge in [-0.3, -0.25) is 9.69 Å². The summed E-state index contributed by atoms with van der Waals surface area (Å²) in [7, 11) is 0. The van der Waals surface area contributed by atoms with Gasteiger partial charge in [-0.25, -0.2) is 0 Å². The van der Waals surface area contributed by atoms with E-state index in [1.54, 1.807) is 36.4 Å². The highest BCUT2D eigenvalue weighted by molar-refractivity contribution is 6.04. The molecule has 0 heterocycles. The molecule has 5 rings (SSSR count). The van der Waals surface area contributed by atoms with Gasteiger partial charge in [0.25, 0.3) is 0 Å². The third-order valence-electron chi connectivity index (χ3n) is 6.37. The van der Waals surface area contributed by atoms with E-state index in [1.807, 2.05) is 42.5 Å². The zero-order valence-electron chi connectivity index (χ0n) is 18.1. The Balaban J connectivity index is 1.46. The van der Waals surface area contributed by atoms with Crippen molar-refractivity contribution in [1.29, 1.82) is 0 Å². The number of hydrogen-bond donors (Lipinski definition) is 1. The molecule has 170 valence electrons. The molecule has 6 heteroatoms. The maximum atomic E-state index is 13.6. The van der Waals surface area contributed by atoms with Crippen molar-refractivity contribution in [2.75, 3.05) is 11.4 Å². The largest absolute Gasteiger partial charge is 0.472 e. The molecule has 0 saturated heterocycles. The number of rotatable bonds is 7. The number of hydrogen-bond acceptors (Lipinski definition) is 2. The van der Waals surface area contributed by atoms with E-state index >= 15 is 0 Å². The predicted molar refractivity (Wildman–Crippen MR) is 123 cm³/mol. The van der Waals surface area contributed by atoms with Crippen molar-refractivity contribution in [1.82, 2.24) is 5.32 Å². The Morgan fingerprint density at radius 3 is 2.24 bits per heavy atom. The van der Waals surface area contributed by atoms with Crippen LogP contribution in [0.3, 0.4) is 0 Å². The smallest absolute Gasteiger partial charge is 0.313 e. The van der Waals surface area contributed by atoms with Crippen molar-refractivity contribution in [3.8, 4) is 11.1 Å². The summed E-state index contributed by atoms with van der Waals surface area (Å²) >= 11 is 0. The van der Waals surface area contributed by atoms with Crippen LogP contribution < -0.4 is 10.2 Å². The predicted octanol–water partition coefficient (Wildman–Crippen LogP) is 6.44. The summed E-state index contributed by atoms with van der Waals surface area (Å²) in [6, 6.07) is 23.4. The van der Waals surface area contributed by atoms with Crippen LogP contribution in [-0.4, -0.2) is 24.7 Å². The lowest BCUT2D eigenvalue weighted by atomic mass is 10.0. The molecule has 2 unspecified atom stereocenters. The topological polar surface area (TPSA) is 32.3 Å². The van der Waals surface area contributed by atoms with E-state index in [4.69, 9.17) is 0 Å². The van der Waals surface area contributed by atoms with Gasteiger partial charge in [-0.2, -0.15) is 13.2 Å². The third kappa shape index (κ3) is 4.96. The summed E-state index contributed by atoms with van der Waals surface area (Å²) < 4.78 is 40.8. The molecule has 0 spiro atoms. The molecule has 2 fully saturated rings. The van der Waals surface area contributed by atoms with Crippen molar-refractivity contribution < 1.29 is 18.0 Å². The average Bonchev–Trinajstić information content (AvgIpc) is 3.74. The van der Waals surface area contributed by atoms with Crippen molar-refractivity contribution in [3.05, 3.63) is 84.4 Å². The molecule has 33 heavy (non-hydrogen) atoms. The average molecular weight is 451 g/mol.